The second-order valence-corrected chi connectivity index (χ2v) is 6.26. The Kier molecular flexibility index (Phi) is 4.76. The largest absolute Gasteiger partial charge is 0.459 e. The quantitative estimate of drug-likeness (QED) is 0.873. The van der Waals surface area contributed by atoms with Gasteiger partial charge in [-0.3, -0.25) is 4.79 Å². The highest BCUT2D eigenvalue weighted by Crippen LogP contribution is 2.22. The average Bonchev–Trinajstić information content (AvgIpc) is 3.12. The Morgan fingerprint density at radius 3 is 3.04 bits per heavy atom. The summed E-state index contributed by atoms with van der Waals surface area (Å²) < 4.78 is 7.32. The first-order valence-corrected chi connectivity index (χ1v) is 8.12. The van der Waals surface area contributed by atoms with Crippen molar-refractivity contribution < 1.29 is 9.21 Å². The molecule has 0 radical (unpaired) electrons. The van der Waals surface area contributed by atoms with E-state index in [1.54, 1.807) is 12.1 Å². The molecule has 7 heteroatoms. The molecule has 2 aromatic heterocycles. The standard InChI is InChI=1S/C16H23N5O2/c1-11(2)10-12(18-16(22)13-4-3-9-23-13)15-20-19-14-5-6-17-7-8-21(14)15/h3-4,9,11-12,17H,5-8,10H2,1-2H3,(H,18,22)/t12-/m1/s1. The molecular formula is C16H23N5O2. The van der Waals surface area contributed by atoms with Gasteiger partial charge in [0.15, 0.2) is 11.6 Å². The Hall–Kier alpha value is -2.15. The van der Waals surface area contributed by atoms with Gasteiger partial charge in [-0.1, -0.05) is 13.8 Å². The summed E-state index contributed by atoms with van der Waals surface area (Å²) in [6.07, 6.45) is 3.16. The van der Waals surface area contributed by atoms with Crippen LogP contribution in [0.4, 0.5) is 0 Å². The molecule has 0 aliphatic carbocycles. The number of hydrogen-bond acceptors (Lipinski definition) is 5. The normalized spacial score (nSPS) is 16.0. The summed E-state index contributed by atoms with van der Waals surface area (Å²) >= 11 is 0. The van der Waals surface area contributed by atoms with Gasteiger partial charge < -0.3 is 19.6 Å². The second-order valence-electron chi connectivity index (χ2n) is 6.26. The van der Waals surface area contributed by atoms with E-state index in [0.717, 1.165) is 44.1 Å². The molecule has 124 valence electrons. The van der Waals surface area contributed by atoms with E-state index < -0.39 is 0 Å². The Morgan fingerprint density at radius 2 is 2.30 bits per heavy atom. The molecule has 7 nitrogen and oxygen atoms in total. The van der Waals surface area contributed by atoms with Crippen molar-refractivity contribution in [1.82, 2.24) is 25.4 Å². The summed E-state index contributed by atoms with van der Waals surface area (Å²) in [5.41, 5.74) is 0. The van der Waals surface area contributed by atoms with Gasteiger partial charge in [-0.05, 0) is 24.5 Å². The van der Waals surface area contributed by atoms with Gasteiger partial charge in [0.05, 0.1) is 12.3 Å². The lowest BCUT2D eigenvalue weighted by Gasteiger charge is -2.20. The van der Waals surface area contributed by atoms with Gasteiger partial charge in [0.25, 0.3) is 5.91 Å². The predicted molar refractivity (Wildman–Crippen MR) is 85.0 cm³/mol. The fourth-order valence-corrected chi connectivity index (χ4v) is 2.89. The lowest BCUT2D eigenvalue weighted by atomic mass is 10.0. The smallest absolute Gasteiger partial charge is 0.287 e. The van der Waals surface area contributed by atoms with Crippen molar-refractivity contribution in [3.8, 4) is 0 Å². The first-order chi connectivity index (χ1) is 11.1. The van der Waals surface area contributed by atoms with E-state index >= 15 is 0 Å². The van der Waals surface area contributed by atoms with E-state index in [0.29, 0.717) is 11.7 Å². The summed E-state index contributed by atoms with van der Waals surface area (Å²) in [7, 11) is 0. The molecule has 1 aliphatic rings. The number of furan rings is 1. The van der Waals surface area contributed by atoms with Gasteiger partial charge in [0.1, 0.15) is 5.82 Å². The molecule has 2 aromatic rings. The lowest BCUT2D eigenvalue weighted by molar-refractivity contribution is 0.0900. The predicted octanol–water partition coefficient (Wildman–Crippen LogP) is 1.53. The van der Waals surface area contributed by atoms with Crippen LogP contribution in [0, 0.1) is 5.92 Å². The molecule has 0 fully saturated rings. The average molecular weight is 317 g/mol. The van der Waals surface area contributed by atoms with Crippen LogP contribution in [0.1, 0.15) is 48.5 Å². The SMILES string of the molecule is CC(C)C[C@@H](NC(=O)c1ccco1)c1nnc2n1CCNCC2. The molecule has 3 rings (SSSR count). The van der Waals surface area contributed by atoms with E-state index in [2.05, 4.69) is 39.2 Å². The molecule has 0 unspecified atom stereocenters. The molecule has 0 bridgehead atoms. The Morgan fingerprint density at radius 1 is 1.43 bits per heavy atom. The van der Waals surface area contributed by atoms with Crippen LogP contribution in [-0.2, 0) is 13.0 Å². The highest BCUT2D eigenvalue weighted by atomic mass is 16.3. The Balaban J connectivity index is 1.84. The van der Waals surface area contributed by atoms with Gasteiger partial charge in [-0.2, -0.15) is 0 Å². The molecule has 1 amide bonds. The third-order valence-electron chi connectivity index (χ3n) is 3.96. The third-order valence-corrected chi connectivity index (χ3v) is 3.96. The van der Waals surface area contributed by atoms with Gasteiger partial charge in [0.2, 0.25) is 0 Å². The number of nitrogens with zero attached hydrogens (tertiary/aromatic N) is 3. The van der Waals surface area contributed by atoms with E-state index in [-0.39, 0.29) is 11.9 Å². The zero-order valence-corrected chi connectivity index (χ0v) is 13.6. The molecular weight excluding hydrogens is 294 g/mol. The van der Waals surface area contributed by atoms with E-state index in [9.17, 15) is 4.79 Å². The van der Waals surface area contributed by atoms with Crippen molar-refractivity contribution in [2.45, 2.75) is 39.3 Å². The molecule has 1 aliphatic heterocycles. The molecule has 0 saturated heterocycles. The number of amides is 1. The van der Waals surface area contributed by atoms with Crippen LogP contribution in [-0.4, -0.2) is 33.8 Å². The number of fused-ring (bicyclic) bond motifs is 1. The van der Waals surface area contributed by atoms with Crippen LogP contribution in [0.5, 0.6) is 0 Å². The van der Waals surface area contributed by atoms with Gasteiger partial charge >= 0.3 is 0 Å². The maximum absolute atomic E-state index is 12.4. The first kappa shape index (κ1) is 15.7. The maximum Gasteiger partial charge on any atom is 0.287 e. The van der Waals surface area contributed by atoms with Crippen molar-refractivity contribution in [3.63, 3.8) is 0 Å². The van der Waals surface area contributed by atoms with E-state index in [1.165, 1.54) is 6.26 Å². The van der Waals surface area contributed by atoms with E-state index in [4.69, 9.17) is 4.42 Å². The van der Waals surface area contributed by atoms with Crippen LogP contribution in [0.2, 0.25) is 0 Å². The monoisotopic (exact) mass is 317 g/mol. The van der Waals surface area contributed by atoms with Crippen molar-refractivity contribution in [1.29, 1.82) is 0 Å². The van der Waals surface area contributed by atoms with Crippen molar-refractivity contribution in [3.05, 3.63) is 35.8 Å². The first-order valence-electron chi connectivity index (χ1n) is 8.12. The van der Waals surface area contributed by atoms with Crippen molar-refractivity contribution >= 4 is 5.91 Å². The summed E-state index contributed by atoms with van der Waals surface area (Å²) in [5.74, 6) is 2.33. The number of carbonyl (C=O) groups is 1. The lowest BCUT2D eigenvalue weighted by Crippen LogP contribution is -2.32. The number of carbonyl (C=O) groups excluding carboxylic acids is 1. The minimum Gasteiger partial charge on any atom is -0.459 e. The third kappa shape index (κ3) is 3.61. The molecule has 3 heterocycles. The van der Waals surface area contributed by atoms with Crippen LogP contribution in [0.3, 0.4) is 0 Å². The second kappa shape index (κ2) is 6.95. The summed E-state index contributed by atoms with van der Waals surface area (Å²) in [5, 5.41) is 15.1. The highest BCUT2D eigenvalue weighted by molar-refractivity contribution is 5.91. The fraction of sp³-hybridized carbons (Fsp3) is 0.562. The number of nitrogens with one attached hydrogen (secondary N) is 2. The molecule has 0 spiro atoms. The van der Waals surface area contributed by atoms with Gasteiger partial charge in [0, 0.05) is 26.1 Å². The van der Waals surface area contributed by atoms with Crippen molar-refractivity contribution in [2.75, 3.05) is 13.1 Å². The summed E-state index contributed by atoms with van der Waals surface area (Å²) in [6.45, 7) is 6.88. The fourth-order valence-electron chi connectivity index (χ4n) is 2.89. The van der Waals surface area contributed by atoms with E-state index in [1.807, 2.05) is 0 Å². The zero-order chi connectivity index (χ0) is 16.2. The molecule has 0 saturated carbocycles. The molecule has 0 aromatic carbocycles. The maximum atomic E-state index is 12.4. The zero-order valence-electron chi connectivity index (χ0n) is 13.6. The minimum atomic E-state index is -0.218. The Bertz CT molecular complexity index is 647. The van der Waals surface area contributed by atoms with Gasteiger partial charge in [-0.25, -0.2) is 0 Å². The molecule has 1 atom stereocenters. The minimum absolute atomic E-state index is 0.174. The molecule has 2 N–H and O–H groups in total. The van der Waals surface area contributed by atoms with Crippen molar-refractivity contribution in [2.24, 2.45) is 5.92 Å². The van der Waals surface area contributed by atoms with Crippen LogP contribution >= 0.6 is 0 Å². The topological polar surface area (TPSA) is 85.0 Å². The summed E-state index contributed by atoms with van der Waals surface area (Å²) in [6, 6.07) is 3.20. The number of rotatable bonds is 5. The van der Waals surface area contributed by atoms with Crippen LogP contribution < -0.4 is 10.6 Å². The molecule has 23 heavy (non-hydrogen) atoms. The Labute approximate surface area is 135 Å². The number of aromatic nitrogens is 3. The summed E-state index contributed by atoms with van der Waals surface area (Å²) in [4.78, 5) is 12.4. The van der Waals surface area contributed by atoms with Gasteiger partial charge in [-0.15, -0.1) is 10.2 Å². The van der Waals surface area contributed by atoms with Crippen LogP contribution in [0.15, 0.2) is 22.8 Å². The number of hydrogen-bond donors (Lipinski definition) is 2. The highest BCUT2D eigenvalue weighted by Gasteiger charge is 2.25. The van der Waals surface area contributed by atoms with Crippen LogP contribution in [0.25, 0.3) is 0 Å².